The van der Waals surface area contributed by atoms with Gasteiger partial charge >= 0.3 is 0 Å². The number of carbonyl (C=O) groups excluding carboxylic acids is 2. The molecule has 1 aliphatic rings. The van der Waals surface area contributed by atoms with Crippen LogP contribution in [-0.4, -0.2) is 47.2 Å². The van der Waals surface area contributed by atoms with Gasteiger partial charge < -0.3 is 19.7 Å². The van der Waals surface area contributed by atoms with Gasteiger partial charge in [-0.15, -0.1) is 10.2 Å². The van der Waals surface area contributed by atoms with Crippen LogP contribution in [-0.2, 0) is 4.79 Å². The Labute approximate surface area is 188 Å². The largest absolute Gasteiger partial charge is 0.497 e. The fourth-order valence-electron chi connectivity index (χ4n) is 3.40. The zero-order valence-corrected chi connectivity index (χ0v) is 18.1. The van der Waals surface area contributed by atoms with E-state index in [9.17, 15) is 14.0 Å². The second-order valence-electron chi connectivity index (χ2n) is 7.12. The van der Waals surface area contributed by atoms with Crippen molar-refractivity contribution in [2.24, 2.45) is 0 Å². The number of nitrogens with one attached hydrogen (secondary N) is 1. The highest BCUT2D eigenvalue weighted by Gasteiger charge is 2.33. The third-order valence-corrected chi connectivity index (χ3v) is 6.04. The van der Waals surface area contributed by atoms with E-state index in [2.05, 4.69) is 15.5 Å². The molecular weight excluding hydrogens is 435 g/mol. The van der Waals surface area contributed by atoms with Crippen molar-refractivity contribution in [3.05, 3.63) is 64.4 Å². The molecule has 0 aliphatic carbocycles. The zero-order valence-electron chi connectivity index (χ0n) is 17.3. The van der Waals surface area contributed by atoms with Crippen LogP contribution in [0.15, 0.2) is 48.5 Å². The molecule has 2 aromatic carbocycles. The molecule has 32 heavy (non-hydrogen) atoms. The van der Waals surface area contributed by atoms with Crippen LogP contribution in [0.25, 0.3) is 0 Å². The van der Waals surface area contributed by atoms with Crippen LogP contribution >= 0.6 is 11.3 Å². The summed E-state index contributed by atoms with van der Waals surface area (Å²) in [6.45, 7) is 0.492. The van der Waals surface area contributed by atoms with Crippen LogP contribution < -0.4 is 14.8 Å². The first-order chi connectivity index (χ1) is 15.5. The summed E-state index contributed by atoms with van der Waals surface area (Å²) in [6.07, 6.45) is 1.57. The van der Waals surface area contributed by atoms with Gasteiger partial charge in [0.1, 0.15) is 22.3 Å². The first kappa shape index (κ1) is 21.7. The summed E-state index contributed by atoms with van der Waals surface area (Å²) in [5.41, 5.74) is 0.460. The quantitative estimate of drug-likeness (QED) is 0.583. The predicted octanol–water partition coefficient (Wildman–Crippen LogP) is 3.68. The Kier molecular flexibility index (Phi) is 6.60. The third kappa shape index (κ3) is 5.02. The molecule has 3 aromatic rings. The molecule has 1 aliphatic heterocycles. The molecule has 1 fully saturated rings. The van der Waals surface area contributed by atoms with Gasteiger partial charge in [-0.1, -0.05) is 11.3 Å². The Hall–Kier alpha value is -3.53. The molecule has 0 unspecified atom stereocenters. The Morgan fingerprint density at radius 1 is 1.12 bits per heavy atom. The van der Waals surface area contributed by atoms with Crippen LogP contribution in [0, 0.1) is 5.82 Å². The topological polar surface area (TPSA) is 93.7 Å². The van der Waals surface area contributed by atoms with Gasteiger partial charge in [0.25, 0.3) is 11.8 Å². The number of anilines is 1. The number of benzene rings is 2. The van der Waals surface area contributed by atoms with Crippen molar-refractivity contribution < 1.29 is 23.5 Å². The number of halogens is 1. The summed E-state index contributed by atoms with van der Waals surface area (Å²) in [7, 11) is 1.58. The maximum atomic E-state index is 13.0. The van der Waals surface area contributed by atoms with E-state index in [0.29, 0.717) is 28.7 Å². The molecule has 1 atom stereocenters. The minimum absolute atomic E-state index is 0.0977. The van der Waals surface area contributed by atoms with E-state index in [4.69, 9.17) is 9.47 Å². The number of rotatable bonds is 7. The molecule has 0 bridgehead atoms. The van der Waals surface area contributed by atoms with Crippen LogP contribution in [0.1, 0.15) is 33.7 Å². The van der Waals surface area contributed by atoms with E-state index in [-0.39, 0.29) is 29.4 Å². The van der Waals surface area contributed by atoms with E-state index < -0.39 is 5.91 Å². The number of ether oxygens (including phenoxy) is 2. The van der Waals surface area contributed by atoms with Crippen molar-refractivity contribution in [3.8, 4) is 11.5 Å². The number of nitrogens with zero attached hydrogens (tertiary/aromatic N) is 3. The summed E-state index contributed by atoms with van der Waals surface area (Å²) < 4.78 is 23.7. The first-order valence-electron chi connectivity index (χ1n) is 10.00. The van der Waals surface area contributed by atoms with Gasteiger partial charge in [0.15, 0.2) is 6.61 Å². The Morgan fingerprint density at radius 3 is 2.56 bits per heavy atom. The normalized spacial score (nSPS) is 15.4. The van der Waals surface area contributed by atoms with Crippen molar-refractivity contribution in [2.45, 2.75) is 18.9 Å². The summed E-state index contributed by atoms with van der Waals surface area (Å²) in [5.74, 6) is 0.308. The smallest absolute Gasteiger partial charge is 0.286 e. The van der Waals surface area contributed by atoms with E-state index in [1.165, 1.54) is 24.3 Å². The summed E-state index contributed by atoms with van der Waals surface area (Å²) in [6, 6.07) is 12.2. The maximum absolute atomic E-state index is 13.0. The van der Waals surface area contributed by atoms with Crippen molar-refractivity contribution in [2.75, 3.05) is 25.6 Å². The summed E-state index contributed by atoms with van der Waals surface area (Å²) in [4.78, 5) is 26.9. The zero-order chi connectivity index (χ0) is 22.5. The lowest BCUT2D eigenvalue weighted by Crippen LogP contribution is -2.34. The minimum atomic E-state index is -0.431. The van der Waals surface area contributed by atoms with Crippen molar-refractivity contribution in [1.29, 1.82) is 0 Å². The molecule has 0 saturated carbocycles. The lowest BCUT2D eigenvalue weighted by Gasteiger charge is -2.22. The second kappa shape index (κ2) is 9.73. The van der Waals surface area contributed by atoms with Gasteiger partial charge in [0.05, 0.1) is 13.2 Å². The average molecular weight is 456 g/mol. The number of likely N-dealkylation sites (tertiary alicyclic amines) is 1. The van der Waals surface area contributed by atoms with Gasteiger partial charge in [-0.25, -0.2) is 4.39 Å². The lowest BCUT2D eigenvalue weighted by molar-refractivity contribution is -0.134. The van der Waals surface area contributed by atoms with Crippen LogP contribution in [0.5, 0.6) is 11.5 Å². The molecule has 8 nitrogen and oxygen atoms in total. The Balaban J connectivity index is 1.37. The summed E-state index contributed by atoms with van der Waals surface area (Å²) >= 11 is 1.14. The molecule has 0 radical (unpaired) electrons. The van der Waals surface area contributed by atoms with Gasteiger partial charge in [-0.05, 0) is 61.4 Å². The molecule has 10 heteroatoms. The fraction of sp³-hybridized carbons (Fsp3) is 0.273. The van der Waals surface area contributed by atoms with E-state index in [0.717, 1.165) is 24.2 Å². The molecular formula is C22H21FN4O4S. The minimum Gasteiger partial charge on any atom is -0.497 e. The molecule has 0 spiro atoms. The highest BCUT2D eigenvalue weighted by molar-refractivity contribution is 7.13. The SMILES string of the molecule is COc1ccc(OCC(=O)N2CCC[C@@H]2c2nnc(C(=O)Nc3ccc(F)cc3)s2)cc1. The first-order valence-corrected chi connectivity index (χ1v) is 10.8. The van der Waals surface area contributed by atoms with Gasteiger partial charge in [0, 0.05) is 12.2 Å². The van der Waals surface area contributed by atoms with Crippen LogP contribution in [0.3, 0.4) is 0 Å². The molecule has 4 rings (SSSR count). The van der Waals surface area contributed by atoms with Crippen molar-refractivity contribution >= 4 is 28.8 Å². The van der Waals surface area contributed by atoms with E-state index >= 15 is 0 Å². The van der Waals surface area contributed by atoms with E-state index in [1.807, 2.05) is 0 Å². The van der Waals surface area contributed by atoms with Crippen molar-refractivity contribution in [3.63, 3.8) is 0 Å². The molecule has 1 N–H and O–H groups in total. The number of hydrogen-bond donors (Lipinski definition) is 1. The number of aromatic nitrogens is 2. The molecule has 2 heterocycles. The Morgan fingerprint density at radius 2 is 1.84 bits per heavy atom. The standard InChI is InChI=1S/C22H21FN4O4S/c1-30-16-8-10-17(11-9-16)31-13-19(28)27-12-2-3-18(27)21-25-26-22(32-21)20(29)24-15-6-4-14(23)5-7-15/h4-11,18H,2-3,12-13H2,1H3,(H,24,29)/t18-/m1/s1. The van der Waals surface area contributed by atoms with Crippen LogP contribution in [0.2, 0.25) is 0 Å². The second-order valence-corrected chi connectivity index (χ2v) is 8.12. The van der Waals surface area contributed by atoms with Crippen molar-refractivity contribution in [1.82, 2.24) is 15.1 Å². The monoisotopic (exact) mass is 456 g/mol. The highest BCUT2D eigenvalue weighted by Crippen LogP contribution is 2.34. The Bertz CT molecular complexity index is 1090. The van der Waals surface area contributed by atoms with Gasteiger partial charge in [0.2, 0.25) is 5.01 Å². The van der Waals surface area contributed by atoms with Crippen LogP contribution in [0.4, 0.5) is 10.1 Å². The van der Waals surface area contributed by atoms with Gasteiger partial charge in [-0.3, -0.25) is 9.59 Å². The number of methoxy groups -OCH3 is 1. The highest BCUT2D eigenvalue weighted by atomic mass is 32.1. The lowest BCUT2D eigenvalue weighted by atomic mass is 10.2. The predicted molar refractivity (Wildman–Crippen MR) is 116 cm³/mol. The average Bonchev–Trinajstić information content (AvgIpc) is 3.49. The fourth-order valence-corrected chi connectivity index (χ4v) is 4.29. The molecule has 2 amide bonds. The molecule has 1 aromatic heterocycles. The number of hydrogen-bond acceptors (Lipinski definition) is 7. The molecule has 166 valence electrons. The maximum Gasteiger partial charge on any atom is 0.286 e. The summed E-state index contributed by atoms with van der Waals surface area (Å²) in [5, 5.41) is 11.6. The number of amides is 2. The van der Waals surface area contributed by atoms with Gasteiger partial charge in [-0.2, -0.15) is 0 Å². The third-order valence-electron chi connectivity index (χ3n) is 5.02. The number of carbonyl (C=O) groups is 2. The molecule has 1 saturated heterocycles. The van der Waals surface area contributed by atoms with E-state index in [1.54, 1.807) is 36.3 Å².